The van der Waals surface area contributed by atoms with Crippen molar-refractivity contribution in [2.24, 2.45) is 16.2 Å². The van der Waals surface area contributed by atoms with Gasteiger partial charge < -0.3 is 0 Å². The third kappa shape index (κ3) is 0.972. The molecule has 2 aliphatic carbocycles. The Morgan fingerprint density at radius 2 is 1.31 bits per heavy atom. The molecule has 1 fully saturated rings. The summed E-state index contributed by atoms with van der Waals surface area (Å²) in [5.74, 6) is 0. The summed E-state index contributed by atoms with van der Waals surface area (Å²) in [5.41, 5.74) is 7.44. The van der Waals surface area contributed by atoms with Gasteiger partial charge >= 0.3 is 0 Å². The molecule has 90 valence electrons. The van der Waals surface area contributed by atoms with Crippen LogP contribution in [-0.4, -0.2) is 0 Å². The van der Waals surface area contributed by atoms with Crippen LogP contribution in [0.2, 0.25) is 0 Å². The standard InChI is InChI=1S/C16H26/c1-10-11(2)13-9-16(8,12(10)3)15(6,7)14(13,4)5/h9H2,1-8H3. The molecule has 0 aromatic heterocycles. The summed E-state index contributed by atoms with van der Waals surface area (Å²) in [6.07, 6.45) is 1.27. The van der Waals surface area contributed by atoms with E-state index in [1.54, 1.807) is 22.3 Å². The van der Waals surface area contributed by atoms with Gasteiger partial charge in [0.2, 0.25) is 0 Å². The van der Waals surface area contributed by atoms with Crippen molar-refractivity contribution in [1.29, 1.82) is 0 Å². The van der Waals surface area contributed by atoms with Crippen molar-refractivity contribution in [3.8, 4) is 0 Å². The van der Waals surface area contributed by atoms with Crippen molar-refractivity contribution in [2.45, 2.75) is 61.8 Å². The maximum Gasteiger partial charge on any atom is -0.00165 e. The fourth-order valence-electron chi connectivity index (χ4n) is 3.99. The van der Waals surface area contributed by atoms with E-state index in [-0.39, 0.29) is 0 Å². The molecule has 2 bridgehead atoms. The molecule has 1 atom stereocenters. The van der Waals surface area contributed by atoms with E-state index in [2.05, 4.69) is 55.4 Å². The molecule has 0 heterocycles. The topological polar surface area (TPSA) is 0 Å². The van der Waals surface area contributed by atoms with Crippen LogP contribution in [0.5, 0.6) is 0 Å². The van der Waals surface area contributed by atoms with Gasteiger partial charge in [0.15, 0.2) is 0 Å². The Morgan fingerprint density at radius 3 is 1.81 bits per heavy atom. The second kappa shape index (κ2) is 2.83. The Kier molecular flexibility index (Phi) is 2.12. The highest BCUT2D eigenvalue weighted by Gasteiger charge is 2.61. The first-order valence-electron chi connectivity index (χ1n) is 6.46. The lowest BCUT2D eigenvalue weighted by Crippen LogP contribution is -2.39. The summed E-state index contributed by atoms with van der Waals surface area (Å²) in [6.45, 7) is 19.2. The summed E-state index contributed by atoms with van der Waals surface area (Å²) >= 11 is 0. The SMILES string of the molecule is CC1=C2CC(C)(C(C)=C1C)C(C)(C)C2(C)C. The van der Waals surface area contributed by atoms with Gasteiger partial charge in [0.1, 0.15) is 0 Å². The summed E-state index contributed by atoms with van der Waals surface area (Å²) in [5, 5.41) is 0. The zero-order chi connectivity index (χ0) is 12.5. The van der Waals surface area contributed by atoms with Gasteiger partial charge in [-0.3, -0.25) is 0 Å². The molecular weight excluding hydrogens is 192 g/mol. The zero-order valence-electron chi connectivity index (χ0n) is 12.2. The van der Waals surface area contributed by atoms with Crippen LogP contribution in [0.25, 0.3) is 0 Å². The van der Waals surface area contributed by atoms with E-state index in [9.17, 15) is 0 Å². The van der Waals surface area contributed by atoms with Crippen LogP contribution in [0.1, 0.15) is 61.8 Å². The smallest absolute Gasteiger partial charge is 0.00165 e. The van der Waals surface area contributed by atoms with Gasteiger partial charge in [0.25, 0.3) is 0 Å². The van der Waals surface area contributed by atoms with Crippen LogP contribution in [0.15, 0.2) is 22.3 Å². The number of allylic oxidation sites excluding steroid dienone is 4. The molecule has 0 nitrogen and oxygen atoms in total. The van der Waals surface area contributed by atoms with Gasteiger partial charge in [-0.15, -0.1) is 0 Å². The highest BCUT2D eigenvalue weighted by molar-refractivity contribution is 5.51. The minimum absolute atomic E-state index is 0.324. The second-order valence-corrected chi connectivity index (χ2v) is 7.11. The molecule has 1 saturated carbocycles. The van der Waals surface area contributed by atoms with E-state index in [4.69, 9.17) is 0 Å². The van der Waals surface area contributed by atoms with Gasteiger partial charge in [0.05, 0.1) is 0 Å². The van der Waals surface area contributed by atoms with Crippen LogP contribution in [0, 0.1) is 16.2 Å². The van der Waals surface area contributed by atoms with Crippen LogP contribution < -0.4 is 0 Å². The van der Waals surface area contributed by atoms with Crippen LogP contribution in [-0.2, 0) is 0 Å². The minimum atomic E-state index is 0.324. The summed E-state index contributed by atoms with van der Waals surface area (Å²) < 4.78 is 0. The van der Waals surface area contributed by atoms with Crippen molar-refractivity contribution >= 4 is 0 Å². The third-order valence-electron chi connectivity index (χ3n) is 6.63. The van der Waals surface area contributed by atoms with Gasteiger partial charge in [-0.2, -0.15) is 0 Å². The summed E-state index contributed by atoms with van der Waals surface area (Å²) in [7, 11) is 0. The Hall–Kier alpha value is -0.520. The number of rotatable bonds is 0. The molecule has 0 heteroatoms. The lowest BCUT2D eigenvalue weighted by molar-refractivity contribution is 0.0753. The maximum absolute atomic E-state index is 2.47. The fraction of sp³-hybridized carbons (Fsp3) is 0.750. The molecule has 0 aromatic rings. The van der Waals surface area contributed by atoms with E-state index in [0.29, 0.717) is 16.2 Å². The highest BCUT2D eigenvalue weighted by atomic mass is 14.6. The quantitative estimate of drug-likeness (QED) is 0.529. The lowest BCUT2D eigenvalue weighted by atomic mass is 9.58. The largest absolute Gasteiger partial charge is 0.0633 e. The Bertz CT molecular complexity index is 415. The van der Waals surface area contributed by atoms with Crippen molar-refractivity contribution in [3.05, 3.63) is 22.3 Å². The average Bonchev–Trinajstić information content (AvgIpc) is 2.31. The Labute approximate surface area is 101 Å². The average molecular weight is 218 g/mol. The first kappa shape index (κ1) is 12.0. The Morgan fingerprint density at radius 1 is 0.812 bits per heavy atom. The molecular formula is C16H26. The molecule has 0 aromatic carbocycles. The molecule has 2 aliphatic rings. The number of hydrogen-bond acceptors (Lipinski definition) is 0. The van der Waals surface area contributed by atoms with Crippen molar-refractivity contribution in [1.82, 2.24) is 0 Å². The molecule has 0 radical (unpaired) electrons. The molecule has 0 spiro atoms. The van der Waals surface area contributed by atoms with Gasteiger partial charge in [0, 0.05) is 0 Å². The van der Waals surface area contributed by atoms with Crippen molar-refractivity contribution in [3.63, 3.8) is 0 Å². The van der Waals surface area contributed by atoms with Crippen LogP contribution >= 0.6 is 0 Å². The monoisotopic (exact) mass is 218 g/mol. The van der Waals surface area contributed by atoms with Gasteiger partial charge in [-0.1, -0.05) is 45.8 Å². The van der Waals surface area contributed by atoms with E-state index in [1.807, 2.05) is 0 Å². The van der Waals surface area contributed by atoms with E-state index in [1.165, 1.54) is 6.42 Å². The molecule has 0 saturated heterocycles. The third-order valence-corrected chi connectivity index (χ3v) is 6.63. The predicted octanol–water partition coefficient (Wildman–Crippen LogP) is 5.12. The van der Waals surface area contributed by atoms with Crippen LogP contribution in [0.4, 0.5) is 0 Å². The summed E-state index contributed by atoms with van der Waals surface area (Å²) in [4.78, 5) is 0. The van der Waals surface area contributed by atoms with Crippen LogP contribution in [0.3, 0.4) is 0 Å². The first-order chi connectivity index (χ1) is 7.07. The Balaban J connectivity index is 2.80. The fourth-order valence-corrected chi connectivity index (χ4v) is 3.99. The van der Waals surface area contributed by atoms with E-state index >= 15 is 0 Å². The van der Waals surface area contributed by atoms with Gasteiger partial charge in [-0.05, 0) is 54.6 Å². The minimum Gasteiger partial charge on any atom is -0.0633 e. The molecule has 16 heavy (non-hydrogen) atoms. The molecule has 0 aliphatic heterocycles. The van der Waals surface area contributed by atoms with Crippen molar-refractivity contribution < 1.29 is 0 Å². The number of hydrogen-bond donors (Lipinski definition) is 0. The van der Waals surface area contributed by atoms with Gasteiger partial charge in [-0.25, -0.2) is 0 Å². The first-order valence-corrected chi connectivity index (χ1v) is 6.46. The normalized spacial score (nSPS) is 36.0. The maximum atomic E-state index is 2.47. The molecule has 1 unspecified atom stereocenters. The zero-order valence-corrected chi connectivity index (χ0v) is 12.2. The van der Waals surface area contributed by atoms with E-state index in [0.717, 1.165) is 0 Å². The molecule has 0 N–H and O–H groups in total. The number of fused-ring (bicyclic) bond motifs is 2. The second-order valence-electron chi connectivity index (χ2n) is 7.11. The molecule has 2 rings (SSSR count). The highest BCUT2D eigenvalue weighted by Crippen LogP contribution is 2.70. The lowest BCUT2D eigenvalue weighted by Gasteiger charge is -2.46. The van der Waals surface area contributed by atoms with E-state index < -0.39 is 0 Å². The summed E-state index contributed by atoms with van der Waals surface area (Å²) in [6, 6.07) is 0. The van der Waals surface area contributed by atoms with Crippen molar-refractivity contribution in [2.75, 3.05) is 0 Å². The predicted molar refractivity (Wildman–Crippen MR) is 71.4 cm³/mol. The molecule has 0 amide bonds.